The topological polar surface area (TPSA) is 64.5 Å². The van der Waals surface area contributed by atoms with E-state index in [4.69, 9.17) is 0 Å². The van der Waals surface area contributed by atoms with Gasteiger partial charge in [0.15, 0.2) is 6.23 Å². The lowest BCUT2D eigenvalue weighted by atomic mass is 10.1. The number of benzene rings is 2. The summed E-state index contributed by atoms with van der Waals surface area (Å²) < 4.78 is 0. The summed E-state index contributed by atoms with van der Waals surface area (Å²) in [4.78, 5) is 7.66. The molecule has 0 amide bonds. The number of hydrazone groups is 1. The van der Waals surface area contributed by atoms with Crippen LogP contribution in [0.1, 0.15) is 12.0 Å². The Labute approximate surface area is 121 Å². The zero-order valence-electron chi connectivity index (χ0n) is 11.3. The molecule has 2 aromatic carbocycles. The highest BCUT2D eigenvalue weighted by Gasteiger charge is 2.28. The summed E-state index contributed by atoms with van der Waals surface area (Å²) in [7, 11) is 0. The molecule has 0 saturated heterocycles. The minimum Gasteiger partial charge on any atom is -0.371 e. The third-order valence-corrected chi connectivity index (χ3v) is 3.59. The van der Waals surface area contributed by atoms with Crippen molar-refractivity contribution >= 4 is 22.7 Å². The number of aromatic amines is 1. The van der Waals surface area contributed by atoms with E-state index in [0.717, 1.165) is 22.3 Å². The molecule has 0 fully saturated rings. The average Bonchev–Trinajstić information content (AvgIpc) is 3.11. The van der Waals surface area contributed by atoms with E-state index in [9.17, 15) is 5.11 Å². The van der Waals surface area contributed by atoms with Crippen molar-refractivity contribution in [2.24, 2.45) is 5.10 Å². The Morgan fingerprint density at radius 1 is 1.05 bits per heavy atom. The first-order valence-corrected chi connectivity index (χ1v) is 6.86. The van der Waals surface area contributed by atoms with Gasteiger partial charge in [0, 0.05) is 6.42 Å². The van der Waals surface area contributed by atoms with E-state index in [-0.39, 0.29) is 0 Å². The van der Waals surface area contributed by atoms with Gasteiger partial charge in [-0.2, -0.15) is 5.10 Å². The second-order valence-electron chi connectivity index (χ2n) is 5.02. The van der Waals surface area contributed by atoms with E-state index in [1.807, 2.05) is 54.6 Å². The Bertz CT molecular complexity index is 776. The van der Waals surface area contributed by atoms with E-state index >= 15 is 0 Å². The molecule has 1 aromatic heterocycles. The van der Waals surface area contributed by atoms with Crippen LogP contribution in [0.25, 0.3) is 11.0 Å². The highest BCUT2D eigenvalue weighted by atomic mass is 16.3. The lowest BCUT2D eigenvalue weighted by molar-refractivity contribution is 0.185. The van der Waals surface area contributed by atoms with Crippen LogP contribution >= 0.6 is 0 Å². The van der Waals surface area contributed by atoms with Crippen molar-refractivity contribution in [2.75, 3.05) is 5.01 Å². The van der Waals surface area contributed by atoms with Gasteiger partial charge in [0.1, 0.15) is 0 Å². The van der Waals surface area contributed by atoms with Gasteiger partial charge >= 0.3 is 0 Å². The van der Waals surface area contributed by atoms with E-state index in [1.165, 1.54) is 0 Å². The number of fused-ring (bicyclic) bond motifs is 1. The number of aromatic nitrogens is 2. The fourth-order valence-corrected chi connectivity index (χ4v) is 2.54. The van der Waals surface area contributed by atoms with Gasteiger partial charge in [-0.05, 0) is 17.7 Å². The summed E-state index contributed by atoms with van der Waals surface area (Å²) in [5, 5.41) is 16.3. The molecule has 0 saturated carbocycles. The zero-order chi connectivity index (χ0) is 14.2. The van der Waals surface area contributed by atoms with E-state index in [0.29, 0.717) is 12.4 Å². The van der Waals surface area contributed by atoms with Crippen LogP contribution in [0.5, 0.6) is 0 Å². The zero-order valence-corrected chi connectivity index (χ0v) is 11.3. The number of nitrogens with zero attached hydrogens (tertiary/aromatic N) is 3. The standard InChI is InChI=1S/C16H14N4O/c21-15-10-14(11-6-2-1-3-7-11)19-20(15)16-17-12-8-4-5-9-13(12)18-16/h1-9,15,21H,10H2,(H,17,18). The number of aliphatic hydroxyl groups excluding tert-OH is 1. The van der Waals surface area contributed by atoms with Crippen LogP contribution in [-0.4, -0.2) is 27.0 Å². The fraction of sp³-hybridized carbons (Fsp3) is 0.125. The van der Waals surface area contributed by atoms with Crippen molar-refractivity contribution in [3.8, 4) is 0 Å². The number of imidazole rings is 1. The van der Waals surface area contributed by atoms with Crippen molar-refractivity contribution in [3.05, 3.63) is 60.2 Å². The number of hydrogen-bond donors (Lipinski definition) is 2. The Hall–Kier alpha value is -2.66. The molecule has 5 nitrogen and oxygen atoms in total. The lowest BCUT2D eigenvalue weighted by Gasteiger charge is -2.14. The molecule has 0 radical (unpaired) electrons. The molecular formula is C16H14N4O. The van der Waals surface area contributed by atoms with Crippen molar-refractivity contribution in [3.63, 3.8) is 0 Å². The van der Waals surface area contributed by atoms with E-state index in [2.05, 4.69) is 15.1 Å². The highest BCUT2D eigenvalue weighted by molar-refractivity contribution is 6.02. The van der Waals surface area contributed by atoms with Crippen LogP contribution in [0.4, 0.5) is 5.95 Å². The first-order chi connectivity index (χ1) is 10.3. The summed E-state index contributed by atoms with van der Waals surface area (Å²) in [5.74, 6) is 0.564. The maximum atomic E-state index is 10.3. The number of hydrogen-bond acceptors (Lipinski definition) is 4. The van der Waals surface area contributed by atoms with E-state index < -0.39 is 6.23 Å². The molecular weight excluding hydrogens is 264 g/mol. The number of aliphatic hydroxyl groups is 1. The molecule has 0 aliphatic carbocycles. The third-order valence-electron chi connectivity index (χ3n) is 3.59. The summed E-state index contributed by atoms with van der Waals surface area (Å²) in [6, 6.07) is 17.7. The molecule has 104 valence electrons. The molecule has 4 rings (SSSR count). The third kappa shape index (κ3) is 2.08. The molecule has 1 aliphatic heterocycles. The fourth-order valence-electron chi connectivity index (χ4n) is 2.54. The second-order valence-corrected chi connectivity index (χ2v) is 5.02. The van der Waals surface area contributed by atoms with E-state index in [1.54, 1.807) is 5.01 Å². The number of H-pyrrole nitrogens is 1. The second kappa shape index (κ2) is 4.71. The molecule has 21 heavy (non-hydrogen) atoms. The molecule has 1 unspecified atom stereocenters. The summed E-state index contributed by atoms with van der Waals surface area (Å²) >= 11 is 0. The number of anilines is 1. The van der Waals surface area contributed by atoms with Crippen LogP contribution in [0.15, 0.2) is 59.7 Å². The minimum atomic E-state index is -0.694. The van der Waals surface area contributed by atoms with Crippen molar-refractivity contribution < 1.29 is 5.11 Å². The van der Waals surface area contributed by atoms with Crippen molar-refractivity contribution in [1.29, 1.82) is 0 Å². The normalized spacial score (nSPS) is 18.2. The highest BCUT2D eigenvalue weighted by Crippen LogP contribution is 2.25. The van der Waals surface area contributed by atoms with Gasteiger partial charge in [-0.3, -0.25) is 0 Å². The molecule has 1 atom stereocenters. The van der Waals surface area contributed by atoms with Gasteiger partial charge in [-0.1, -0.05) is 42.5 Å². The smallest absolute Gasteiger partial charge is 0.227 e. The molecule has 3 aromatic rings. The SMILES string of the molecule is OC1CC(c2ccccc2)=NN1c1nc2ccccc2[nH]1. The maximum absolute atomic E-state index is 10.3. The van der Waals surface area contributed by atoms with Crippen LogP contribution in [0.2, 0.25) is 0 Å². The van der Waals surface area contributed by atoms with Gasteiger partial charge in [0.05, 0.1) is 16.7 Å². The first kappa shape index (κ1) is 12.1. The van der Waals surface area contributed by atoms with Crippen LogP contribution in [0.3, 0.4) is 0 Å². The molecule has 5 heteroatoms. The summed E-state index contributed by atoms with van der Waals surface area (Å²) in [5.41, 5.74) is 3.69. The maximum Gasteiger partial charge on any atom is 0.227 e. The number of para-hydroxylation sites is 2. The van der Waals surface area contributed by atoms with Crippen LogP contribution < -0.4 is 5.01 Å². The van der Waals surface area contributed by atoms with Gasteiger partial charge < -0.3 is 10.1 Å². The molecule has 1 aliphatic rings. The number of rotatable bonds is 2. The Kier molecular flexibility index (Phi) is 2.72. The van der Waals surface area contributed by atoms with Crippen molar-refractivity contribution in [2.45, 2.75) is 12.6 Å². The van der Waals surface area contributed by atoms with Gasteiger partial charge in [0.25, 0.3) is 0 Å². The largest absolute Gasteiger partial charge is 0.371 e. The minimum absolute atomic E-state index is 0.487. The van der Waals surface area contributed by atoms with Crippen LogP contribution in [-0.2, 0) is 0 Å². The first-order valence-electron chi connectivity index (χ1n) is 6.86. The van der Waals surface area contributed by atoms with Crippen LogP contribution in [0, 0.1) is 0 Å². The Morgan fingerprint density at radius 3 is 2.62 bits per heavy atom. The predicted octanol–water partition coefficient (Wildman–Crippen LogP) is 2.50. The summed E-state index contributed by atoms with van der Waals surface area (Å²) in [6.45, 7) is 0. The predicted molar refractivity (Wildman–Crippen MR) is 82.2 cm³/mol. The monoisotopic (exact) mass is 278 g/mol. The van der Waals surface area contributed by atoms with Gasteiger partial charge in [-0.15, -0.1) is 0 Å². The molecule has 0 spiro atoms. The molecule has 0 bridgehead atoms. The van der Waals surface area contributed by atoms with Gasteiger partial charge in [-0.25, -0.2) is 9.99 Å². The number of nitrogens with one attached hydrogen (secondary N) is 1. The Morgan fingerprint density at radius 2 is 1.81 bits per heavy atom. The molecule has 2 heterocycles. The van der Waals surface area contributed by atoms with Crippen molar-refractivity contribution in [1.82, 2.24) is 9.97 Å². The quantitative estimate of drug-likeness (QED) is 0.757. The summed E-state index contributed by atoms with van der Waals surface area (Å²) in [6.07, 6.45) is -0.207. The van der Waals surface area contributed by atoms with Gasteiger partial charge in [0.2, 0.25) is 5.95 Å². The molecule has 2 N–H and O–H groups in total. The lowest BCUT2D eigenvalue weighted by Crippen LogP contribution is -2.26. The average molecular weight is 278 g/mol. The Balaban J connectivity index is 1.73.